The number of epoxide rings is 1. The zero-order valence-electron chi connectivity index (χ0n) is 26.0. The maximum atomic E-state index is 13.1. The van der Waals surface area contributed by atoms with Gasteiger partial charge in [-0.15, -0.1) is 0 Å². The van der Waals surface area contributed by atoms with Crippen molar-refractivity contribution in [3.63, 3.8) is 0 Å². The summed E-state index contributed by atoms with van der Waals surface area (Å²) in [6, 6.07) is 0. The van der Waals surface area contributed by atoms with Gasteiger partial charge in [0.05, 0.1) is 24.5 Å². The third-order valence-electron chi connectivity index (χ3n) is 8.99. The second kappa shape index (κ2) is 12.2. The van der Waals surface area contributed by atoms with Gasteiger partial charge in [0, 0.05) is 40.5 Å². The van der Waals surface area contributed by atoms with E-state index in [1.807, 2.05) is 0 Å². The van der Waals surface area contributed by atoms with E-state index in [0.29, 0.717) is 0 Å². The van der Waals surface area contributed by atoms with E-state index in [2.05, 4.69) is 0 Å². The minimum absolute atomic E-state index is 0.118. The number of hydrogen-bond acceptors (Lipinski definition) is 15. The second-order valence-electron chi connectivity index (χ2n) is 12.0. The van der Waals surface area contributed by atoms with Gasteiger partial charge in [-0.05, 0) is 24.6 Å². The number of esters is 6. The van der Waals surface area contributed by atoms with Crippen LogP contribution < -0.4 is 0 Å². The van der Waals surface area contributed by atoms with Crippen LogP contribution in [0.15, 0.2) is 23.8 Å². The van der Waals surface area contributed by atoms with Gasteiger partial charge in [0.2, 0.25) is 0 Å². The standard InChI is InChI=1S/C30H38O15/c1-13-27(37)45-21-10-19(11-31)8-9-20(40-14(2)32)28(7)23(26(30(13,21)38)44-18(6)36)29(12-39-29)25(43-17(5)35)22(41-15(3)33)24(28)42-16(4)34/h8-10,13,20-26,31,38H,11-12H2,1-7H3/b9-8-,19-10+/t13-,20-,21-,22+,23+,24-,25+,26-,28+,29-,30-/m0/s1. The van der Waals surface area contributed by atoms with Crippen molar-refractivity contribution in [3.8, 4) is 0 Å². The molecule has 0 aromatic rings. The van der Waals surface area contributed by atoms with Gasteiger partial charge in [-0.2, -0.15) is 0 Å². The molecular weight excluding hydrogens is 600 g/mol. The third-order valence-corrected chi connectivity index (χ3v) is 8.99. The zero-order chi connectivity index (χ0) is 33.6. The summed E-state index contributed by atoms with van der Waals surface area (Å²) < 4.78 is 40.4. The van der Waals surface area contributed by atoms with E-state index in [1.54, 1.807) is 0 Å². The third kappa shape index (κ3) is 5.84. The Labute approximate surface area is 258 Å². The summed E-state index contributed by atoms with van der Waals surface area (Å²) in [6.07, 6.45) is -5.38. The molecule has 0 radical (unpaired) electrons. The number of carbonyl (C=O) groups is 6. The number of hydrogen-bond donors (Lipinski definition) is 2. The first-order valence-corrected chi connectivity index (χ1v) is 14.4. The summed E-state index contributed by atoms with van der Waals surface area (Å²) in [5.41, 5.74) is -5.83. The van der Waals surface area contributed by atoms with Crippen molar-refractivity contribution in [1.82, 2.24) is 0 Å². The van der Waals surface area contributed by atoms with Crippen molar-refractivity contribution in [1.29, 1.82) is 0 Å². The van der Waals surface area contributed by atoms with Gasteiger partial charge >= 0.3 is 35.8 Å². The largest absolute Gasteiger partial charge is 0.459 e. The molecule has 0 bridgehead atoms. The van der Waals surface area contributed by atoms with Crippen molar-refractivity contribution in [2.75, 3.05) is 13.2 Å². The fraction of sp³-hybridized carbons (Fsp3) is 0.667. The molecule has 4 aliphatic rings. The van der Waals surface area contributed by atoms with E-state index in [-0.39, 0.29) is 12.2 Å². The first kappa shape index (κ1) is 34.1. The van der Waals surface area contributed by atoms with E-state index < -0.39 is 107 Å². The Morgan fingerprint density at radius 1 is 0.867 bits per heavy atom. The van der Waals surface area contributed by atoms with Gasteiger partial charge in [0.1, 0.15) is 17.8 Å². The van der Waals surface area contributed by atoms with E-state index in [0.717, 1.165) is 34.6 Å². The maximum absolute atomic E-state index is 13.1. The Morgan fingerprint density at radius 3 is 1.87 bits per heavy atom. The van der Waals surface area contributed by atoms with Crippen molar-refractivity contribution in [2.24, 2.45) is 17.3 Å². The highest BCUT2D eigenvalue weighted by atomic mass is 16.7. The molecule has 2 N–H and O–H groups in total. The van der Waals surface area contributed by atoms with Crippen LogP contribution in [0.4, 0.5) is 0 Å². The summed E-state index contributed by atoms with van der Waals surface area (Å²) in [5, 5.41) is 22.8. The highest BCUT2D eigenvalue weighted by molar-refractivity contribution is 5.78. The highest BCUT2D eigenvalue weighted by Gasteiger charge is 2.81. The van der Waals surface area contributed by atoms with E-state index >= 15 is 0 Å². The smallest absolute Gasteiger partial charge is 0.312 e. The van der Waals surface area contributed by atoms with Crippen LogP contribution in [0, 0.1) is 17.3 Å². The van der Waals surface area contributed by atoms with E-state index in [4.69, 9.17) is 33.2 Å². The molecular formula is C30H38O15. The Kier molecular flexibility index (Phi) is 9.21. The molecule has 0 aromatic heterocycles. The molecule has 15 heteroatoms. The molecule has 248 valence electrons. The van der Waals surface area contributed by atoms with Crippen LogP contribution in [-0.4, -0.2) is 107 Å². The number of aliphatic hydroxyl groups is 2. The van der Waals surface area contributed by atoms with Gasteiger partial charge in [-0.1, -0.05) is 13.0 Å². The van der Waals surface area contributed by atoms with Crippen molar-refractivity contribution >= 4 is 35.8 Å². The summed E-state index contributed by atoms with van der Waals surface area (Å²) >= 11 is 0. The lowest BCUT2D eigenvalue weighted by Gasteiger charge is -2.59. The first-order chi connectivity index (χ1) is 20.9. The summed E-state index contributed by atoms with van der Waals surface area (Å²) in [7, 11) is 0. The lowest BCUT2D eigenvalue weighted by Crippen LogP contribution is -2.76. The van der Waals surface area contributed by atoms with Gasteiger partial charge in [-0.25, -0.2) is 0 Å². The Morgan fingerprint density at radius 2 is 1.38 bits per heavy atom. The number of fused-ring (bicyclic) bond motifs is 3. The minimum atomic E-state index is -2.38. The molecule has 2 aliphatic heterocycles. The summed E-state index contributed by atoms with van der Waals surface area (Å²) in [5.74, 6) is -7.91. The molecule has 4 rings (SSSR count). The molecule has 1 saturated carbocycles. The molecule has 45 heavy (non-hydrogen) atoms. The highest BCUT2D eigenvalue weighted by Crippen LogP contribution is 2.63. The molecule has 3 fully saturated rings. The SMILES string of the molecule is CC(=O)O[C@H]1[C@@H](OC(C)=O)[C@]2(CO2)[C@@H]2[C@H](OC(C)=O)[C@@]3(O)[C@H](/C=C(CO)\C=C/[C@H](OC(C)=O)[C@@]2(C)[C@H]1OC(C)=O)OC(=O)[C@@H]3C. The van der Waals surface area contributed by atoms with E-state index in [9.17, 15) is 39.0 Å². The van der Waals surface area contributed by atoms with Crippen molar-refractivity contribution in [2.45, 2.75) is 96.3 Å². The summed E-state index contributed by atoms with van der Waals surface area (Å²) in [6.45, 7) is 7.42. The maximum Gasteiger partial charge on any atom is 0.312 e. The molecule has 15 nitrogen and oxygen atoms in total. The number of ether oxygens (including phenoxy) is 7. The normalized spacial score (nSPS) is 42.0. The first-order valence-electron chi connectivity index (χ1n) is 14.4. The fourth-order valence-electron chi connectivity index (χ4n) is 7.11. The molecule has 0 amide bonds. The molecule has 2 heterocycles. The predicted octanol–water partition coefficient (Wildman–Crippen LogP) is -0.169. The molecule has 2 aliphatic carbocycles. The molecule has 1 spiro atoms. The quantitative estimate of drug-likeness (QED) is 0.220. The average molecular weight is 639 g/mol. The second-order valence-corrected chi connectivity index (χ2v) is 12.0. The van der Waals surface area contributed by atoms with E-state index in [1.165, 1.54) is 32.1 Å². The molecule has 2 saturated heterocycles. The lowest BCUT2D eigenvalue weighted by molar-refractivity contribution is -0.279. The average Bonchev–Trinajstić information content (AvgIpc) is 3.68. The molecule has 0 unspecified atom stereocenters. The van der Waals surface area contributed by atoms with Crippen LogP contribution in [0.3, 0.4) is 0 Å². The zero-order valence-corrected chi connectivity index (χ0v) is 26.0. The van der Waals surface area contributed by atoms with Crippen LogP contribution in [0.1, 0.15) is 48.5 Å². The van der Waals surface area contributed by atoms with Gasteiger partial charge in [0.25, 0.3) is 0 Å². The van der Waals surface area contributed by atoms with Crippen LogP contribution in [-0.2, 0) is 61.9 Å². The lowest BCUT2D eigenvalue weighted by atomic mass is 9.51. The molecule has 0 aromatic carbocycles. The van der Waals surface area contributed by atoms with Crippen LogP contribution >= 0.6 is 0 Å². The van der Waals surface area contributed by atoms with Crippen molar-refractivity contribution < 1.29 is 72.1 Å². The number of aliphatic hydroxyl groups excluding tert-OH is 1. The Hall–Kier alpha value is -3.82. The number of rotatable bonds is 6. The van der Waals surface area contributed by atoms with Crippen LogP contribution in [0.25, 0.3) is 0 Å². The van der Waals surface area contributed by atoms with Gasteiger partial charge in [-0.3, -0.25) is 28.8 Å². The van der Waals surface area contributed by atoms with Gasteiger partial charge in [0.15, 0.2) is 30.0 Å². The minimum Gasteiger partial charge on any atom is -0.459 e. The van der Waals surface area contributed by atoms with Gasteiger partial charge < -0.3 is 43.4 Å². The van der Waals surface area contributed by atoms with Crippen LogP contribution in [0.2, 0.25) is 0 Å². The van der Waals surface area contributed by atoms with Crippen molar-refractivity contribution in [3.05, 3.63) is 23.8 Å². The summed E-state index contributed by atoms with van der Waals surface area (Å²) in [4.78, 5) is 76.1. The fourth-order valence-corrected chi connectivity index (χ4v) is 7.11. The molecule has 11 atom stereocenters. The Balaban J connectivity index is 2.17. The number of carbonyl (C=O) groups excluding carboxylic acids is 6. The monoisotopic (exact) mass is 638 g/mol. The Bertz CT molecular complexity index is 1330. The predicted molar refractivity (Wildman–Crippen MR) is 146 cm³/mol. The topological polar surface area (TPSA) is 211 Å². The van der Waals surface area contributed by atoms with Crippen LogP contribution in [0.5, 0.6) is 0 Å².